The Morgan fingerprint density at radius 2 is 2.28 bits per heavy atom. The highest BCUT2D eigenvalue weighted by molar-refractivity contribution is 6.00. The zero-order valence-corrected chi connectivity index (χ0v) is 14.6. The Bertz CT molecular complexity index is 768. The van der Waals surface area contributed by atoms with Gasteiger partial charge in [-0.15, -0.1) is 0 Å². The van der Waals surface area contributed by atoms with Gasteiger partial charge in [-0.05, 0) is 11.8 Å². The van der Waals surface area contributed by atoms with E-state index in [0.29, 0.717) is 36.4 Å². The molecule has 0 amide bonds. The van der Waals surface area contributed by atoms with Gasteiger partial charge < -0.3 is 20.8 Å². The molecule has 25 heavy (non-hydrogen) atoms. The molecule has 1 aromatic heterocycles. The second-order valence-corrected chi connectivity index (χ2v) is 7.24. The molecule has 132 valence electrons. The SMILES string of the molecule is CC1(C)CC(=O)C2=C(C1)NC(COCCN)=C(C#N)C2c1cnc[nH]1. The number of aromatic amines is 1. The number of hydrogen-bond acceptors (Lipinski definition) is 6. The van der Waals surface area contributed by atoms with Crippen LogP contribution in [-0.2, 0) is 9.53 Å². The van der Waals surface area contributed by atoms with Crippen molar-refractivity contribution in [3.63, 3.8) is 0 Å². The molecule has 2 aliphatic rings. The van der Waals surface area contributed by atoms with E-state index in [9.17, 15) is 10.1 Å². The van der Waals surface area contributed by atoms with Gasteiger partial charge in [-0.25, -0.2) is 4.98 Å². The molecule has 0 bridgehead atoms. The summed E-state index contributed by atoms with van der Waals surface area (Å²) in [6, 6.07) is 2.27. The number of imidazole rings is 1. The molecule has 1 unspecified atom stereocenters. The third-order valence-electron chi connectivity index (χ3n) is 4.58. The van der Waals surface area contributed by atoms with E-state index in [1.807, 2.05) is 0 Å². The fourth-order valence-corrected chi connectivity index (χ4v) is 3.59. The maximum atomic E-state index is 12.9. The van der Waals surface area contributed by atoms with E-state index in [-0.39, 0.29) is 17.8 Å². The first-order chi connectivity index (χ1) is 12.0. The van der Waals surface area contributed by atoms with Gasteiger partial charge in [-0.3, -0.25) is 4.79 Å². The van der Waals surface area contributed by atoms with Gasteiger partial charge >= 0.3 is 0 Å². The molecule has 7 heteroatoms. The van der Waals surface area contributed by atoms with Gasteiger partial charge in [0.25, 0.3) is 0 Å². The van der Waals surface area contributed by atoms with E-state index in [4.69, 9.17) is 10.5 Å². The van der Waals surface area contributed by atoms with Crippen LogP contribution in [0.1, 0.15) is 38.3 Å². The van der Waals surface area contributed by atoms with Crippen LogP contribution in [-0.4, -0.2) is 35.5 Å². The number of nitrogens with two attached hydrogens (primary N) is 1. The minimum atomic E-state index is -0.427. The Kier molecular flexibility index (Phi) is 4.75. The van der Waals surface area contributed by atoms with Crippen molar-refractivity contribution in [2.75, 3.05) is 19.8 Å². The van der Waals surface area contributed by atoms with Crippen LogP contribution in [0.25, 0.3) is 0 Å². The fourth-order valence-electron chi connectivity index (χ4n) is 3.59. The lowest BCUT2D eigenvalue weighted by Crippen LogP contribution is -2.38. The quantitative estimate of drug-likeness (QED) is 0.699. The molecule has 4 N–H and O–H groups in total. The summed E-state index contributed by atoms with van der Waals surface area (Å²) in [5.74, 6) is -0.350. The topological polar surface area (TPSA) is 117 Å². The number of carbonyl (C=O) groups excluding carboxylic acids is 1. The van der Waals surface area contributed by atoms with Crippen molar-refractivity contribution in [2.45, 2.75) is 32.6 Å². The molecule has 7 nitrogen and oxygen atoms in total. The molecular weight excluding hydrogens is 318 g/mol. The Hall–Kier alpha value is -2.43. The summed E-state index contributed by atoms with van der Waals surface area (Å²) < 4.78 is 5.55. The van der Waals surface area contributed by atoms with Gasteiger partial charge in [0.1, 0.15) is 0 Å². The van der Waals surface area contributed by atoms with E-state index >= 15 is 0 Å². The number of carbonyl (C=O) groups is 1. The summed E-state index contributed by atoms with van der Waals surface area (Å²) in [6.07, 6.45) is 4.45. The zero-order chi connectivity index (χ0) is 18.0. The minimum absolute atomic E-state index is 0.0769. The molecule has 2 heterocycles. The average Bonchev–Trinajstić information content (AvgIpc) is 3.06. The van der Waals surface area contributed by atoms with Crippen LogP contribution in [0.15, 0.2) is 35.1 Å². The predicted molar refractivity (Wildman–Crippen MR) is 92.0 cm³/mol. The van der Waals surface area contributed by atoms with Crippen LogP contribution in [0.5, 0.6) is 0 Å². The molecule has 0 saturated heterocycles. The van der Waals surface area contributed by atoms with Crippen LogP contribution in [0.4, 0.5) is 0 Å². The second kappa shape index (κ2) is 6.82. The maximum absolute atomic E-state index is 12.9. The molecule has 0 spiro atoms. The third-order valence-corrected chi connectivity index (χ3v) is 4.58. The first-order valence-corrected chi connectivity index (χ1v) is 8.39. The number of H-pyrrole nitrogens is 1. The summed E-state index contributed by atoms with van der Waals surface area (Å²) >= 11 is 0. The monoisotopic (exact) mass is 341 g/mol. The van der Waals surface area contributed by atoms with Crippen LogP contribution >= 0.6 is 0 Å². The smallest absolute Gasteiger partial charge is 0.162 e. The van der Waals surface area contributed by atoms with Crippen molar-refractivity contribution < 1.29 is 9.53 Å². The molecule has 1 aliphatic heterocycles. The van der Waals surface area contributed by atoms with Crippen molar-refractivity contribution in [3.8, 4) is 6.07 Å². The molecular formula is C18H23N5O2. The molecule has 0 saturated carbocycles. The summed E-state index contributed by atoms with van der Waals surface area (Å²) in [7, 11) is 0. The van der Waals surface area contributed by atoms with Gasteiger partial charge in [0.2, 0.25) is 0 Å². The predicted octanol–water partition coefficient (Wildman–Crippen LogP) is 1.49. The number of nitrogens with zero attached hydrogens (tertiary/aromatic N) is 2. The summed E-state index contributed by atoms with van der Waals surface area (Å²) in [4.78, 5) is 20.0. The summed E-state index contributed by atoms with van der Waals surface area (Å²) in [5, 5.41) is 13.1. The van der Waals surface area contributed by atoms with Crippen molar-refractivity contribution >= 4 is 5.78 Å². The minimum Gasteiger partial charge on any atom is -0.374 e. The van der Waals surface area contributed by atoms with Gasteiger partial charge in [0.05, 0.1) is 42.8 Å². The summed E-state index contributed by atoms with van der Waals surface area (Å²) in [5.41, 5.74) is 8.85. The largest absolute Gasteiger partial charge is 0.374 e. The highest BCUT2D eigenvalue weighted by Crippen LogP contribution is 2.45. The number of rotatable bonds is 5. The zero-order valence-electron chi connectivity index (χ0n) is 14.6. The van der Waals surface area contributed by atoms with Crippen LogP contribution in [0.3, 0.4) is 0 Å². The number of ketones is 1. The van der Waals surface area contributed by atoms with Crippen LogP contribution in [0.2, 0.25) is 0 Å². The number of allylic oxidation sites excluding steroid dienone is 3. The van der Waals surface area contributed by atoms with Crippen molar-refractivity contribution in [1.29, 1.82) is 5.26 Å². The molecule has 0 radical (unpaired) electrons. The lowest BCUT2D eigenvalue weighted by molar-refractivity contribution is -0.118. The number of ether oxygens (including phenoxy) is 1. The highest BCUT2D eigenvalue weighted by atomic mass is 16.5. The molecule has 3 rings (SSSR count). The van der Waals surface area contributed by atoms with Crippen LogP contribution < -0.4 is 11.1 Å². The van der Waals surface area contributed by atoms with E-state index in [0.717, 1.165) is 17.8 Å². The highest BCUT2D eigenvalue weighted by Gasteiger charge is 2.42. The van der Waals surface area contributed by atoms with E-state index in [2.05, 4.69) is 35.2 Å². The van der Waals surface area contributed by atoms with Gasteiger partial charge in [0, 0.05) is 36.1 Å². The van der Waals surface area contributed by atoms with E-state index < -0.39 is 5.92 Å². The first kappa shape index (κ1) is 17.4. The van der Waals surface area contributed by atoms with Gasteiger partial charge in [-0.2, -0.15) is 5.26 Å². The van der Waals surface area contributed by atoms with E-state index in [1.54, 1.807) is 12.5 Å². The molecule has 1 aliphatic carbocycles. The number of dihydropyridines is 1. The average molecular weight is 341 g/mol. The van der Waals surface area contributed by atoms with Gasteiger partial charge in [-0.1, -0.05) is 13.8 Å². The third kappa shape index (κ3) is 3.36. The van der Waals surface area contributed by atoms with Crippen molar-refractivity contribution in [1.82, 2.24) is 15.3 Å². The normalized spacial score (nSPS) is 22.5. The van der Waals surface area contributed by atoms with E-state index in [1.165, 1.54) is 0 Å². The number of aromatic nitrogens is 2. The number of nitriles is 1. The maximum Gasteiger partial charge on any atom is 0.162 e. The van der Waals surface area contributed by atoms with Gasteiger partial charge in [0.15, 0.2) is 5.78 Å². The lowest BCUT2D eigenvalue weighted by atomic mass is 9.69. The summed E-state index contributed by atoms with van der Waals surface area (Å²) in [6.45, 7) is 5.25. The number of hydrogen-bond donors (Lipinski definition) is 3. The lowest BCUT2D eigenvalue weighted by Gasteiger charge is -2.38. The van der Waals surface area contributed by atoms with Crippen molar-refractivity contribution in [2.24, 2.45) is 11.1 Å². The number of Topliss-reactive ketones (excluding diaryl/α,β-unsaturated/α-hetero) is 1. The molecule has 1 atom stereocenters. The van der Waals surface area contributed by atoms with Crippen LogP contribution in [0, 0.1) is 16.7 Å². The Morgan fingerprint density at radius 3 is 2.92 bits per heavy atom. The fraction of sp³-hybridized carbons (Fsp3) is 0.500. The molecule has 1 aromatic rings. The van der Waals surface area contributed by atoms with Crippen molar-refractivity contribution in [3.05, 3.63) is 40.8 Å². The Morgan fingerprint density at radius 1 is 1.48 bits per heavy atom. The molecule has 0 aromatic carbocycles. The first-order valence-electron chi connectivity index (χ1n) is 8.39. The second-order valence-electron chi connectivity index (χ2n) is 7.24. The number of nitrogens with one attached hydrogen (secondary N) is 2. The standard InChI is InChI=1S/C18H23N5O2/c1-18(2)5-12-17(15(24)6-18)16(13-8-21-10-22-13)11(7-20)14(23-12)9-25-4-3-19/h8,10,16,23H,3-6,9,19H2,1-2H3,(H,21,22). The Balaban J connectivity index is 2.06. The Labute approximate surface area is 147 Å². The molecule has 0 fully saturated rings.